The van der Waals surface area contributed by atoms with Crippen molar-refractivity contribution in [3.63, 3.8) is 0 Å². The minimum atomic E-state index is -1.16. The van der Waals surface area contributed by atoms with Gasteiger partial charge < -0.3 is 14.8 Å². The van der Waals surface area contributed by atoms with Crippen LogP contribution in [0.5, 0.6) is 0 Å². The van der Waals surface area contributed by atoms with E-state index in [1.165, 1.54) is 0 Å². The monoisotopic (exact) mass is 231 g/mol. The molecule has 2 aromatic heterocycles. The lowest BCUT2D eigenvalue weighted by Gasteiger charge is -2.34. The molecular weight excluding hydrogens is 218 g/mol. The van der Waals surface area contributed by atoms with Crippen molar-refractivity contribution in [1.29, 1.82) is 0 Å². The number of anilines is 1. The van der Waals surface area contributed by atoms with Gasteiger partial charge >= 0.3 is 0 Å². The number of imidazole rings is 1. The van der Waals surface area contributed by atoms with Gasteiger partial charge in [-0.2, -0.15) is 0 Å². The molecule has 1 aliphatic carbocycles. The quantitative estimate of drug-likeness (QED) is 0.815. The standard InChI is InChI=1S/C12H13N3O2/c16-11(12(17)4-1-5-12)14-9-2-3-10-13-6-7-15(10)8-9/h2-3,6-8,17H,1,4-5H2,(H,14,16). The summed E-state index contributed by atoms with van der Waals surface area (Å²) in [6.45, 7) is 0. The van der Waals surface area contributed by atoms with Crippen LogP contribution in [-0.4, -0.2) is 26.0 Å². The molecule has 0 saturated heterocycles. The summed E-state index contributed by atoms with van der Waals surface area (Å²) in [5.41, 5.74) is 0.329. The van der Waals surface area contributed by atoms with E-state index in [2.05, 4.69) is 10.3 Å². The van der Waals surface area contributed by atoms with E-state index in [0.717, 1.165) is 12.1 Å². The van der Waals surface area contributed by atoms with Gasteiger partial charge in [0, 0.05) is 18.6 Å². The van der Waals surface area contributed by atoms with Crippen LogP contribution in [0.15, 0.2) is 30.7 Å². The minimum absolute atomic E-state index is 0.316. The highest BCUT2D eigenvalue weighted by Crippen LogP contribution is 2.32. The van der Waals surface area contributed by atoms with Gasteiger partial charge in [0.2, 0.25) is 0 Å². The molecule has 2 N–H and O–H groups in total. The molecule has 1 amide bonds. The summed E-state index contributed by atoms with van der Waals surface area (Å²) in [5, 5.41) is 12.6. The molecule has 5 nitrogen and oxygen atoms in total. The Balaban J connectivity index is 1.82. The van der Waals surface area contributed by atoms with Gasteiger partial charge in [-0.1, -0.05) is 0 Å². The molecular formula is C12H13N3O2. The number of amides is 1. The van der Waals surface area contributed by atoms with E-state index >= 15 is 0 Å². The highest BCUT2D eigenvalue weighted by atomic mass is 16.3. The smallest absolute Gasteiger partial charge is 0.256 e. The molecule has 0 atom stereocenters. The van der Waals surface area contributed by atoms with Crippen molar-refractivity contribution in [2.24, 2.45) is 0 Å². The third kappa shape index (κ3) is 1.68. The first-order valence-electron chi connectivity index (χ1n) is 5.64. The second kappa shape index (κ2) is 3.56. The van der Waals surface area contributed by atoms with E-state index in [1.807, 2.05) is 16.7 Å². The molecule has 3 rings (SSSR count). The van der Waals surface area contributed by atoms with Crippen LogP contribution in [0.25, 0.3) is 5.65 Å². The molecule has 0 radical (unpaired) electrons. The number of carbonyl (C=O) groups excluding carboxylic acids is 1. The molecule has 0 bridgehead atoms. The lowest BCUT2D eigenvalue weighted by atomic mass is 9.79. The number of aromatic nitrogens is 2. The third-order valence-electron chi connectivity index (χ3n) is 3.25. The van der Waals surface area contributed by atoms with E-state index in [9.17, 15) is 9.90 Å². The third-order valence-corrected chi connectivity index (χ3v) is 3.25. The summed E-state index contributed by atoms with van der Waals surface area (Å²) in [5.74, 6) is -0.316. The van der Waals surface area contributed by atoms with Crippen molar-refractivity contribution in [2.45, 2.75) is 24.9 Å². The average molecular weight is 231 g/mol. The Morgan fingerprint density at radius 3 is 3.00 bits per heavy atom. The fourth-order valence-corrected chi connectivity index (χ4v) is 1.98. The van der Waals surface area contributed by atoms with E-state index in [-0.39, 0.29) is 5.91 Å². The van der Waals surface area contributed by atoms with Gasteiger partial charge in [0.05, 0.1) is 5.69 Å². The SMILES string of the molecule is O=C(Nc1ccc2nccn2c1)C1(O)CCC1. The molecule has 1 fully saturated rings. The Morgan fingerprint density at radius 1 is 1.47 bits per heavy atom. The Labute approximate surface area is 98.1 Å². The van der Waals surface area contributed by atoms with Crippen molar-refractivity contribution >= 4 is 17.2 Å². The number of hydrogen-bond acceptors (Lipinski definition) is 3. The maximum Gasteiger partial charge on any atom is 0.256 e. The summed E-state index contributed by atoms with van der Waals surface area (Å²) < 4.78 is 1.82. The van der Waals surface area contributed by atoms with Crippen LogP contribution >= 0.6 is 0 Å². The molecule has 0 aromatic carbocycles. The number of rotatable bonds is 2. The zero-order chi connectivity index (χ0) is 11.9. The number of nitrogens with zero attached hydrogens (tertiary/aromatic N) is 2. The predicted octanol–water partition coefficient (Wildman–Crippen LogP) is 1.19. The Morgan fingerprint density at radius 2 is 2.29 bits per heavy atom. The summed E-state index contributed by atoms with van der Waals surface area (Å²) in [7, 11) is 0. The Bertz CT molecular complexity index is 572. The maximum absolute atomic E-state index is 11.8. The molecule has 1 aliphatic rings. The molecule has 0 spiro atoms. The summed E-state index contributed by atoms with van der Waals surface area (Å²) in [4.78, 5) is 15.9. The van der Waals surface area contributed by atoms with Crippen LogP contribution in [0.2, 0.25) is 0 Å². The van der Waals surface area contributed by atoms with Gasteiger partial charge in [-0.3, -0.25) is 4.79 Å². The van der Waals surface area contributed by atoms with E-state index < -0.39 is 5.60 Å². The fraction of sp³-hybridized carbons (Fsp3) is 0.333. The number of nitrogens with one attached hydrogen (secondary N) is 1. The number of pyridine rings is 1. The summed E-state index contributed by atoms with van der Waals surface area (Å²) in [6, 6.07) is 3.60. The second-order valence-corrected chi connectivity index (χ2v) is 4.45. The predicted molar refractivity (Wildman–Crippen MR) is 62.6 cm³/mol. The first-order valence-corrected chi connectivity index (χ1v) is 5.64. The first-order chi connectivity index (χ1) is 8.17. The van der Waals surface area contributed by atoms with Crippen LogP contribution in [0.4, 0.5) is 5.69 Å². The number of fused-ring (bicyclic) bond motifs is 1. The van der Waals surface area contributed by atoms with Gasteiger partial charge in [-0.25, -0.2) is 4.98 Å². The van der Waals surface area contributed by atoms with Crippen molar-refractivity contribution < 1.29 is 9.90 Å². The van der Waals surface area contributed by atoms with Crippen LogP contribution in [0, 0.1) is 0 Å². The fourth-order valence-electron chi connectivity index (χ4n) is 1.98. The number of hydrogen-bond donors (Lipinski definition) is 2. The van der Waals surface area contributed by atoms with Gasteiger partial charge in [0.25, 0.3) is 5.91 Å². The highest BCUT2D eigenvalue weighted by Gasteiger charge is 2.41. The Hall–Kier alpha value is -1.88. The normalized spacial score (nSPS) is 17.7. The van der Waals surface area contributed by atoms with Gasteiger partial charge in [-0.05, 0) is 31.4 Å². The van der Waals surface area contributed by atoms with E-state index in [1.54, 1.807) is 18.5 Å². The molecule has 17 heavy (non-hydrogen) atoms. The van der Waals surface area contributed by atoms with Crippen LogP contribution < -0.4 is 5.32 Å². The second-order valence-electron chi connectivity index (χ2n) is 4.45. The molecule has 0 unspecified atom stereocenters. The number of carbonyl (C=O) groups is 1. The van der Waals surface area contributed by atoms with Crippen LogP contribution in [0.1, 0.15) is 19.3 Å². The van der Waals surface area contributed by atoms with Crippen LogP contribution in [-0.2, 0) is 4.79 Å². The summed E-state index contributed by atoms with van der Waals surface area (Å²) >= 11 is 0. The lowest BCUT2D eigenvalue weighted by molar-refractivity contribution is -0.142. The van der Waals surface area contributed by atoms with Crippen molar-refractivity contribution in [3.8, 4) is 0 Å². The number of aliphatic hydroxyl groups is 1. The largest absolute Gasteiger partial charge is 0.380 e. The molecule has 0 aliphatic heterocycles. The summed E-state index contributed by atoms with van der Waals surface area (Å²) in [6.07, 6.45) is 7.29. The zero-order valence-electron chi connectivity index (χ0n) is 9.26. The van der Waals surface area contributed by atoms with E-state index in [4.69, 9.17) is 0 Å². The average Bonchev–Trinajstić information content (AvgIpc) is 2.73. The van der Waals surface area contributed by atoms with Gasteiger partial charge in [-0.15, -0.1) is 0 Å². The Kier molecular flexibility index (Phi) is 2.16. The molecule has 1 saturated carbocycles. The van der Waals surface area contributed by atoms with Gasteiger partial charge in [0.15, 0.2) is 0 Å². The van der Waals surface area contributed by atoms with E-state index in [0.29, 0.717) is 18.5 Å². The topological polar surface area (TPSA) is 66.6 Å². The minimum Gasteiger partial charge on any atom is -0.380 e. The molecule has 5 heteroatoms. The van der Waals surface area contributed by atoms with Crippen molar-refractivity contribution in [1.82, 2.24) is 9.38 Å². The zero-order valence-corrected chi connectivity index (χ0v) is 9.26. The van der Waals surface area contributed by atoms with Crippen molar-refractivity contribution in [3.05, 3.63) is 30.7 Å². The first kappa shape index (κ1) is 10.3. The molecule has 2 heterocycles. The van der Waals surface area contributed by atoms with Crippen molar-refractivity contribution in [2.75, 3.05) is 5.32 Å². The lowest BCUT2D eigenvalue weighted by Crippen LogP contribution is -2.48. The molecule has 88 valence electrons. The maximum atomic E-state index is 11.8. The van der Waals surface area contributed by atoms with Gasteiger partial charge in [0.1, 0.15) is 11.2 Å². The highest BCUT2D eigenvalue weighted by molar-refractivity contribution is 5.97. The molecule has 2 aromatic rings. The van der Waals surface area contributed by atoms with Crippen LogP contribution in [0.3, 0.4) is 0 Å².